The Morgan fingerprint density at radius 3 is 2.41 bits per heavy atom. The molecule has 6 heteroatoms. The maximum atomic E-state index is 12.3. The molecule has 1 amide bonds. The Kier molecular flexibility index (Phi) is 7.53. The number of nitrogens with one attached hydrogen (secondary N) is 1. The van der Waals surface area contributed by atoms with Crippen LogP contribution in [-0.4, -0.2) is 45.4 Å². The van der Waals surface area contributed by atoms with Gasteiger partial charge in [-0.05, 0) is 61.9 Å². The number of rotatable bonds is 8. The highest BCUT2D eigenvalue weighted by molar-refractivity contribution is 6.02. The van der Waals surface area contributed by atoms with E-state index in [1.807, 2.05) is 56.3 Å². The van der Waals surface area contributed by atoms with Gasteiger partial charge >= 0.3 is 0 Å². The number of amides is 1. The first-order valence-corrected chi connectivity index (χ1v) is 10.0. The summed E-state index contributed by atoms with van der Waals surface area (Å²) in [5.41, 5.74) is 2.77. The minimum Gasteiger partial charge on any atom is -0.490 e. The Balaban J connectivity index is 1.59. The van der Waals surface area contributed by atoms with Gasteiger partial charge in [-0.1, -0.05) is 6.07 Å². The molecule has 1 aliphatic rings. The highest BCUT2D eigenvalue weighted by Crippen LogP contribution is 2.29. The van der Waals surface area contributed by atoms with Crippen LogP contribution in [0.4, 0.5) is 11.4 Å². The molecule has 0 aromatic heterocycles. The third kappa shape index (κ3) is 5.99. The third-order valence-corrected chi connectivity index (χ3v) is 4.51. The average Bonchev–Trinajstić information content (AvgIpc) is 2.75. The molecular formula is C23H28N2O4. The topological polar surface area (TPSA) is 60.0 Å². The number of morpholine rings is 1. The first kappa shape index (κ1) is 20.7. The standard InChI is InChI=1S/C23H28N2O4/c1-3-28-21-11-5-18(17-22(21)29-4-2)6-12-23(26)24-19-7-9-20(10-8-19)25-13-15-27-16-14-25/h5-12,17H,3-4,13-16H2,1-2H3,(H,24,26). The normalized spacial score (nSPS) is 14.1. The van der Waals surface area contributed by atoms with Gasteiger partial charge in [0, 0.05) is 30.5 Å². The molecule has 2 aromatic rings. The molecule has 0 atom stereocenters. The highest BCUT2D eigenvalue weighted by atomic mass is 16.5. The number of anilines is 2. The van der Waals surface area contributed by atoms with Crippen molar-refractivity contribution in [2.45, 2.75) is 13.8 Å². The summed E-state index contributed by atoms with van der Waals surface area (Å²) in [7, 11) is 0. The smallest absolute Gasteiger partial charge is 0.248 e. The summed E-state index contributed by atoms with van der Waals surface area (Å²) < 4.78 is 16.6. The number of benzene rings is 2. The molecule has 0 spiro atoms. The molecule has 0 unspecified atom stereocenters. The molecule has 154 valence electrons. The maximum absolute atomic E-state index is 12.3. The lowest BCUT2D eigenvalue weighted by Crippen LogP contribution is -2.36. The van der Waals surface area contributed by atoms with Crippen molar-refractivity contribution >= 4 is 23.4 Å². The van der Waals surface area contributed by atoms with Crippen LogP contribution in [0.25, 0.3) is 6.08 Å². The minimum absolute atomic E-state index is 0.184. The van der Waals surface area contributed by atoms with Crippen LogP contribution in [0.1, 0.15) is 19.4 Å². The summed E-state index contributed by atoms with van der Waals surface area (Å²) in [6, 6.07) is 13.5. The SMILES string of the molecule is CCOc1ccc(C=CC(=O)Nc2ccc(N3CCOCC3)cc2)cc1OCC. The van der Waals surface area contributed by atoms with Crippen LogP contribution in [-0.2, 0) is 9.53 Å². The van der Waals surface area contributed by atoms with E-state index in [9.17, 15) is 4.79 Å². The van der Waals surface area contributed by atoms with Crippen LogP contribution in [0.5, 0.6) is 11.5 Å². The first-order valence-electron chi connectivity index (χ1n) is 10.0. The summed E-state index contributed by atoms with van der Waals surface area (Å²) in [5.74, 6) is 1.20. The van der Waals surface area contributed by atoms with Crippen molar-refractivity contribution in [2.75, 3.05) is 49.7 Å². The van der Waals surface area contributed by atoms with E-state index >= 15 is 0 Å². The van der Waals surface area contributed by atoms with Gasteiger partial charge in [0.05, 0.1) is 26.4 Å². The highest BCUT2D eigenvalue weighted by Gasteiger charge is 2.11. The quantitative estimate of drug-likeness (QED) is 0.684. The molecule has 1 fully saturated rings. The Morgan fingerprint density at radius 2 is 1.72 bits per heavy atom. The van der Waals surface area contributed by atoms with E-state index in [-0.39, 0.29) is 5.91 Å². The molecule has 0 aliphatic carbocycles. The Morgan fingerprint density at radius 1 is 1.03 bits per heavy atom. The van der Waals surface area contributed by atoms with E-state index in [0.717, 1.165) is 43.2 Å². The summed E-state index contributed by atoms with van der Waals surface area (Å²) in [6.07, 6.45) is 3.27. The molecule has 1 aliphatic heterocycles. The van der Waals surface area contributed by atoms with Crippen molar-refractivity contribution in [3.63, 3.8) is 0 Å². The summed E-state index contributed by atoms with van der Waals surface area (Å²) in [5, 5.41) is 2.89. The van der Waals surface area contributed by atoms with Gasteiger partial charge in [-0.15, -0.1) is 0 Å². The van der Waals surface area contributed by atoms with E-state index in [4.69, 9.17) is 14.2 Å². The number of carbonyl (C=O) groups excluding carboxylic acids is 1. The lowest BCUT2D eigenvalue weighted by molar-refractivity contribution is -0.111. The van der Waals surface area contributed by atoms with Gasteiger partial charge in [0.15, 0.2) is 11.5 Å². The molecule has 1 heterocycles. The van der Waals surface area contributed by atoms with E-state index in [0.29, 0.717) is 24.7 Å². The van der Waals surface area contributed by atoms with Gasteiger partial charge in [-0.3, -0.25) is 4.79 Å². The minimum atomic E-state index is -0.184. The predicted octanol–water partition coefficient (Wildman–Crippen LogP) is 3.97. The molecule has 1 N–H and O–H groups in total. The monoisotopic (exact) mass is 396 g/mol. The van der Waals surface area contributed by atoms with Crippen LogP contribution in [0.3, 0.4) is 0 Å². The van der Waals surface area contributed by atoms with Crippen molar-refractivity contribution in [2.24, 2.45) is 0 Å². The largest absolute Gasteiger partial charge is 0.490 e. The summed E-state index contributed by atoms with van der Waals surface area (Å²) in [6.45, 7) is 8.26. The predicted molar refractivity (Wildman–Crippen MR) is 116 cm³/mol. The van der Waals surface area contributed by atoms with Crippen molar-refractivity contribution in [3.8, 4) is 11.5 Å². The number of ether oxygens (including phenoxy) is 3. The second-order valence-corrected chi connectivity index (χ2v) is 6.54. The van der Waals surface area contributed by atoms with Gasteiger partial charge in [-0.25, -0.2) is 0 Å². The lowest BCUT2D eigenvalue weighted by Gasteiger charge is -2.28. The zero-order chi connectivity index (χ0) is 20.5. The van der Waals surface area contributed by atoms with Crippen LogP contribution < -0.4 is 19.7 Å². The number of carbonyl (C=O) groups is 1. The van der Waals surface area contributed by atoms with Crippen LogP contribution in [0.15, 0.2) is 48.5 Å². The Bertz CT molecular complexity index is 827. The second kappa shape index (κ2) is 10.5. The third-order valence-electron chi connectivity index (χ3n) is 4.51. The zero-order valence-corrected chi connectivity index (χ0v) is 17.0. The fraction of sp³-hybridized carbons (Fsp3) is 0.348. The number of nitrogens with zero attached hydrogens (tertiary/aromatic N) is 1. The van der Waals surface area contributed by atoms with E-state index < -0.39 is 0 Å². The van der Waals surface area contributed by atoms with Crippen LogP contribution >= 0.6 is 0 Å². The molecule has 0 radical (unpaired) electrons. The first-order chi connectivity index (χ1) is 14.2. The molecule has 0 bridgehead atoms. The van der Waals surface area contributed by atoms with Crippen molar-refractivity contribution in [1.82, 2.24) is 0 Å². The summed E-state index contributed by atoms with van der Waals surface area (Å²) in [4.78, 5) is 14.5. The van der Waals surface area contributed by atoms with Crippen molar-refractivity contribution in [1.29, 1.82) is 0 Å². The van der Waals surface area contributed by atoms with Gasteiger partial charge in [0.2, 0.25) is 5.91 Å². The number of hydrogen-bond acceptors (Lipinski definition) is 5. The fourth-order valence-electron chi connectivity index (χ4n) is 3.10. The van der Waals surface area contributed by atoms with E-state index in [1.165, 1.54) is 6.08 Å². The second-order valence-electron chi connectivity index (χ2n) is 6.54. The maximum Gasteiger partial charge on any atom is 0.248 e. The van der Waals surface area contributed by atoms with Crippen molar-refractivity contribution < 1.29 is 19.0 Å². The molecule has 0 saturated carbocycles. The van der Waals surface area contributed by atoms with E-state index in [2.05, 4.69) is 10.2 Å². The van der Waals surface area contributed by atoms with Gasteiger partial charge < -0.3 is 24.4 Å². The van der Waals surface area contributed by atoms with Gasteiger partial charge in [-0.2, -0.15) is 0 Å². The number of hydrogen-bond donors (Lipinski definition) is 1. The van der Waals surface area contributed by atoms with Crippen LogP contribution in [0, 0.1) is 0 Å². The molecule has 6 nitrogen and oxygen atoms in total. The van der Waals surface area contributed by atoms with Gasteiger partial charge in [0.1, 0.15) is 0 Å². The van der Waals surface area contributed by atoms with E-state index in [1.54, 1.807) is 6.08 Å². The Labute approximate surface area is 172 Å². The Hall–Kier alpha value is -2.99. The molecule has 29 heavy (non-hydrogen) atoms. The summed E-state index contributed by atoms with van der Waals surface area (Å²) >= 11 is 0. The van der Waals surface area contributed by atoms with Gasteiger partial charge in [0.25, 0.3) is 0 Å². The molecule has 1 saturated heterocycles. The fourth-order valence-corrected chi connectivity index (χ4v) is 3.10. The molecular weight excluding hydrogens is 368 g/mol. The van der Waals surface area contributed by atoms with Crippen molar-refractivity contribution in [3.05, 3.63) is 54.1 Å². The molecule has 2 aromatic carbocycles. The zero-order valence-electron chi connectivity index (χ0n) is 17.0. The average molecular weight is 396 g/mol. The lowest BCUT2D eigenvalue weighted by atomic mass is 10.2. The molecule has 3 rings (SSSR count). The van der Waals surface area contributed by atoms with Crippen LogP contribution in [0.2, 0.25) is 0 Å².